The van der Waals surface area contributed by atoms with Gasteiger partial charge in [0.1, 0.15) is 6.26 Å². The molecule has 1 aliphatic rings. The molecule has 5 nitrogen and oxygen atoms in total. The van der Waals surface area contributed by atoms with Crippen LogP contribution in [0.15, 0.2) is 16.9 Å². The van der Waals surface area contributed by atoms with Crippen molar-refractivity contribution in [2.24, 2.45) is 0 Å². The number of aliphatic carboxylic acids is 1. The van der Waals surface area contributed by atoms with E-state index in [1.807, 2.05) is 6.07 Å². The van der Waals surface area contributed by atoms with Crippen LogP contribution in [0.1, 0.15) is 30.9 Å². The zero-order valence-electron chi connectivity index (χ0n) is 8.35. The van der Waals surface area contributed by atoms with E-state index in [2.05, 4.69) is 10.5 Å². The molecular weight excluding hydrogens is 196 g/mol. The van der Waals surface area contributed by atoms with Crippen LogP contribution in [0.2, 0.25) is 0 Å². The first-order chi connectivity index (χ1) is 7.25. The summed E-state index contributed by atoms with van der Waals surface area (Å²) >= 11 is 0. The molecular formula is C10H14N2O3. The molecule has 1 saturated heterocycles. The summed E-state index contributed by atoms with van der Waals surface area (Å²) < 4.78 is 4.80. The maximum Gasteiger partial charge on any atom is 0.304 e. The highest BCUT2D eigenvalue weighted by Gasteiger charge is 2.25. The van der Waals surface area contributed by atoms with Crippen LogP contribution in [0.4, 0.5) is 0 Å². The molecule has 15 heavy (non-hydrogen) atoms. The standard InChI is InChI=1S/C10H14N2O3/c13-10(14)6-8-5-7(1-3-11-8)9-2-4-15-12-9/h2,4,7-8,11H,1,3,5-6H2,(H,13,14). The molecule has 0 aromatic carbocycles. The zero-order valence-corrected chi connectivity index (χ0v) is 8.35. The van der Waals surface area contributed by atoms with Crippen LogP contribution >= 0.6 is 0 Å². The van der Waals surface area contributed by atoms with Crippen LogP contribution in [0.5, 0.6) is 0 Å². The van der Waals surface area contributed by atoms with Crippen LogP contribution < -0.4 is 5.32 Å². The molecule has 2 heterocycles. The van der Waals surface area contributed by atoms with Crippen molar-refractivity contribution in [3.63, 3.8) is 0 Å². The molecule has 2 atom stereocenters. The fourth-order valence-corrected chi connectivity index (χ4v) is 2.07. The Morgan fingerprint density at radius 1 is 1.73 bits per heavy atom. The van der Waals surface area contributed by atoms with Crippen LogP contribution in [-0.2, 0) is 4.79 Å². The highest BCUT2D eigenvalue weighted by molar-refractivity contribution is 5.67. The predicted octanol–water partition coefficient (Wildman–Crippen LogP) is 0.985. The van der Waals surface area contributed by atoms with Gasteiger partial charge in [-0.3, -0.25) is 4.79 Å². The maximum atomic E-state index is 10.6. The van der Waals surface area contributed by atoms with Gasteiger partial charge < -0.3 is 14.9 Å². The molecule has 2 unspecified atom stereocenters. The van der Waals surface area contributed by atoms with Gasteiger partial charge in [-0.05, 0) is 19.4 Å². The molecule has 0 aliphatic carbocycles. The molecule has 0 radical (unpaired) electrons. The highest BCUT2D eigenvalue weighted by atomic mass is 16.5. The molecule has 82 valence electrons. The normalized spacial score (nSPS) is 26.4. The third kappa shape index (κ3) is 2.56. The Morgan fingerprint density at radius 2 is 2.60 bits per heavy atom. The molecule has 2 rings (SSSR count). The van der Waals surface area contributed by atoms with Crippen LogP contribution in [0, 0.1) is 0 Å². The minimum absolute atomic E-state index is 0.0537. The summed E-state index contributed by atoms with van der Waals surface area (Å²) in [4.78, 5) is 10.6. The van der Waals surface area contributed by atoms with Gasteiger partial charge in [-0.1, -0.05) is 5.16 Å². The van der Waals surface area contributed by atoms with Gasteiger partial charge in [0, 0.05) is 18.0 Å². The van der Waals surface area contributed by atoms with Gasteiger partial charge in [0.2, 0.25) is 0 Å². The Kier molecular flexibility index (Phi) is 3.01. The molecule has 5 heteroatoms. The Bertz CT molecular complexity index is 323. The molecule has 0 bridgehead atoms. The number of hydrogen-bond acceptors (Lipinski definition) is 4. The minimum atomic E-state index is -0.756. The predicted molar refractivity (Wildman–Crippen MR) is 52.5 cm³/mol. The van der Waals surface area contributed by atoms with Crippen LogP contribution in [0.3, 0.4) is 0 Å². The first-order valence-corrected chi connectivity index (χ1v) is 5.11. The fraction of sp³-hybridized carbons (Fsp3) is 0.600. The summed E-state index contributed by atoms with van der Waals surface area (Å²) in [5.74, 6) is -0.428. The number of aromatic nitrogens is 1. The second-order valence-corrected chi connectivity index (χ2v) is 3.89. The average Bonchev–Trinajstić information content (AvgIpc) is 2.69. The van der Waals surface area contributed by atoms with E-state index in [1.165, 1.54) is 0 Å². The smallest absolute Gasteiger partial charge is 0.304 e. The van der Waals surface area contributed by atoms with Crippen LogP contribution in [-0.4, -0.2) is 28.8 Å². The third-order valence-corrected chi connectivity index (χ3v) is 2.79. The molecule has 1 aliphatic heterocycles. The number of rotatable bonds is 3. The second-order valence-electron chi connectivity index (χ2n) is 3.89. The van der Waals surface area contributed by atoms with E-state index in [1.54, 1.807) is 6.26 Å². The van der Waals surface area contributed by atoms with Crippen LogP contribution in [0.25, 0.3) is 0 Å². The summed E-state index contributed by atoms with van der Waals surface area (Å²) in [6.07, 6.45) is 3.54. The van der Waals surface area contributed by atoms with Crippen molar-refractivity contribution in [1.82, 2.24) is 10.5 Å². The number of nitrogens with zero attached hydrogens (tertiary/aromatic N) is 1. The number of carbonyl (C=O) groups is 1. The van der Waals surface area contributed by atoms with E-state index in [0.29, 0.717) is 5.92 Å². The fourth-order valence-electron chi connectivity index (χ4n) is 2.07. The van der Waals surface area contributed by atoms with Crippen molar-refractivity contribution in [3.05, 3.63) is 18.0 Å². The van der Waals surface area contributed by atoms with Crippen molar-refractivity contribution in [2.45, 2.75) is 31.2 Å². The Labute approximate surface area is 87.5 Å². The zero-order chi connectivity index (χ0) is 10.7. The lowest BCUT2D eigenvalue weighted by molar-refractivity contribution is -0.137. The van der Waals surface area contributed by atoms with Gasteiger partial charge in [-0.2, -0.15) is 0 Å². The molecule has 2 N–H and O–H groups in total. The molecule has 1 aromatic heterocycles. The largest absolute Gasteiger partial charge is 0.481 e. The van der Waals surface area contributed by atoms with Crippen molar-refractivity contribution in [1.29, 1.82) is 0 Å². The molecule has 1 fully saturated rings. The van der Waals surface area contributed by atoms with Crippen molar-refractivity contribution in [2.75, 3.05) is 6.54 Å². The Balaban J connectivity index is 1.95. The van der Waals surface area contributed by atoms with Crippen molar-refractivity contribution < 1.29 is 14.4 Å². The van der Waals surface area contributed by atoms with E-state index >= 15 is 0 Å². The SMILES string of the molecule is O=C(O)CC1CC(c2ccon2)CCN1. The highest BCUT2D eigenvalue weighted by Crippen LogP contribution is 2.27. The molecule has 0 amide bonds. The van der Waals surface area contributed by atoms with E-state index in [-0.39, 0.29) is 12.5 Å². The van der Waals surface area contributed by atoms with Gasteiger partial charge in [0.15, 0.2) is 0 Å². The summed E-state index contributed by atoms with van der Waals surface area (Å²) in [6.45, 7) is 0.843. The minimum Gasteiger partial charge on any atom is -0.481 e. The first-order valence-electron chi connectivity index (χ1n) is 5.11. The monoisotopic (exact) mass is 210 g/mol. The summed E-state index contributed by atoms with van der Waals surface area (Å²) in [6, 6.07) is 1.91. The molecule has 0 saturated carbocycles. The van der Waals surface area contributed by atoms with E-state index < -0.39 is 5.97 Å². The van der Waals surface area contributed by atoms with Gasteiger partial charge in [0.25, 0.3) is 0 Å². The molecule has 0 spiro atoms. The lowest BCUT2D eigenvalue weighted by Crippen LogP contribution is -2.38. The Morgan fingerprint density at radius 3 is 3.27 bits per heavy atom. The van der Waals surface area contributed by atoms with Gasteiger partial charge in [-0.15, -0.1) is 0 Å². The Hall–Kier alpha value is -1.36. The maximum absolute atomic E-state index is 10.6. The average molecular weight is 210 g/mol. The van der Waals surface area contributed by atoms with E-state index in [0.717, 1.165) is 25.1 Å². The lowest BCUT2D eigenvalue weighted by Gasteiger charge is -2.28. The number of carboxylic acid groups (broad SMARTS) is 1. The van der Waals surface area contributed by atoms with Crippen molar-refractivity contribution >= 4 is 5.97 Å². The number of piperidine rings is 1. The topological polar surface area (TPSA) is 75.4 Å². The molecule has 1 aromatic rings. The number of carboxylic acids is 1. The van der Waals surface area contributed by atoms with Gasteiger partial charge in [-0.25, -0.2) is 0 Å². The van der Waals surface area contributed by atoms with Gasteiger partial charge in [0.05, 0.1) is 12.1 Å². The first kappa shape index (κ1) is 10.2. The number of nitrogens with one attached hydrogen (secondary N) is 1. The van der Waals surface area contributed by atoms with Crippen molar-refractivity contribution in [3.8, 4) is 0 Å². The summed E-state index contributed by atoms with van der Waals surface area (Å²) in [5.41, 5.74) is 0.937. The lowest BCUT2D eigenvalue weighted by atomic mass is 9.88. The quantitative estimate of drug-likeness (QED) is 0.778. The van der Waals surface area contributed by atoms with E-state index in [4.69, 9.17) is 9.63 Å². The number of hydrogen-bond donors (Lipinski definition) is 2. The summed E-state index contributed by atoms with van der Waals surface area (Å²) in [5, 5.41) is 15.8. The van der Waals surface area contributed by atoms with E-state index in [9.17, 15) is 4.79 Å². The van der Waals surface area contributed by atoms with Gasteiger partial charge >= 0.3 is 5.97 Å². The second kappa shape index (κ2) is 4.44. The third-order valence-electron chi connectivity index (χ3n) is 2.79. The summed E-state index contributed by atoms with van der Waals surface area (Å²) in [7, 11) is 0.